The molecule has 0 unspecified atom stereocenters. The van der Waals surface area contributed by atoms with Gasteiger partial charge in [-0.1, -0.05) is 43.8 Å². The molecule has 0 amide bonds. The molecule has 1 aromatic rings. The van der Waals surface area contributed by atoms with E-state index in [4.69, 9.17) is 4.74 Å². The summed E-state index contributed by atoms with van der Waals surface area (Å²) < 4.78 is 5.28. The van der Waals surface area contributed by atoms with Gasteiger partial charge in [0, 0.05) is 0 Å². The average Bonchev–Trinajstić information content (AvgIpc) is 2.25. The number of benzene rings is 1. The lowest BCUT2D eigenvalue weighted by atomic mass is 10.1. The predicted octanol–water partition coefficient (Wildman–Crippen LogP) is 3.47. The van der Waals surface area contributed by atoms with Crippen LogP contribution in [0.15, 0.2) is 49.3 Å². The Morgan fingerprint density at radius 1 is 1.21 bits per heavy atom. The number of allylic oxidation sites excluding steroid dienone is 2. The van der Waals surface area contributed by atoms with Crippen LogP contribution in [0.2, 0.25) is 0 Å². The maximum Gasteiger partial charge on any atom is 0.112 e. The van der Waals surface area contributed by atoms with Crippen molar-refractivity contribution in [1.29, 1.82) is 0 Å². The van der Waals surface area contributed by atoms with Gasteiger partial charge < -0.3 is 4.74 Å². The second-order valence-corrected chi connectivity index (χ2v) is 3.05. The van der Waals surface area contributed by atoms with Crippen LogP contribution in [0.25, 0.3) is 0 Å². The molecule has 0 saturated heterocycles. The molecule has 1 heteroatoms. The van der Waals surface area contributed by atoms with Gasteiger partial charge in [-0.05, 0) is 23.6 Å². The van der Waals surface area contributed by atoms with Crippen molar-refractivity contribution in [1.82, 2.24) is 0 Å². The molecule has 0 N–H and O–H groups in total. The molecule has 0 aliphatic carbocycles. The van der Waals surface area contributed by atoms with Crippen LogP contribution in [-0.4, -0.2) is 0 Å². The van der Waals surface area contributed by atoms with Gasteiger partial charge in [0.1, 0.15) is 6.61 Å². The Kier molecular flexibility index (Phi) is 4.56. The van der Waals surface area contributed by atoms with Gasteiger partial charge in [0.25, 0.3) is 0 Å². The molecule has 0 atom stereocenters. The standard InChI is InChI=1S/C13H16O/c1-3-5-10-14-11-13-8-6-12(4-2)7-9-13/h3,5-10H,1,4,11H2,2H3/b10-5+. The normalized spacial score (nSPS) is 10.4. The predicted molar refractivity (Wildman–Crippen MR) is 59.9 cm³/mol. The molecule has 1 rings (SSSR count). The minimum atomic E-state index is 0.619. The monoisotopic (exact) mass is 188 g/mol. The summed E-state index contributed by atoms with van der Waals surface area (Å²) in [6.07, 6.45) is 6.21. The maximum atomic E-state index is 5.28. The summed E-state index contributed by atoms with van der Waals surface area (Å²) in [4.78, 5) is 0. The first-order valence-corrected chi connectivity index (χ1v) is 4.83. The van der Waals surface area contributed by atoms with Crippen LogP contribution in [0.4, 0.5) is 0 Å². The van der Waals surface area contributed by atoms with Crippen LogP contribution in [0.3, 0.4) is 0 Å². The smallest absolute Gasteiger partial charge is 0.112 e. The van der Waals surface area contributed by atoms with Crippen molar-refractivity contribution in [3.05, 3.63) is 60.4 Å². The lowest BCUT2D eigenvalue weighted by Crippen LogP contribution is -1.87. The molecule has 0 fully saturated rings. The van der Waals surface area contributed by atoms with Crippen molar-refractivity contribution >= 4 is 0 Å². The zero-order valence-corrected chi connectivity index (χ0v) is 8.57. The summed E-state index contributed by atoms with van der Waals surface area (Å²) in [5.74, 6) is 0. The number of hydrogen-bond donors (Lipinski definition) is 0. The van der Waals surface area contributed by atoms with Crippen molar-refractivity contribution in [2.75, 3.05) is 0 Å². The Hall–Kier alpha value is -1.50. The van der Waals surface area contributed by atoms with E-state index < -0.39 is 0 Å². The lowest BCUT2D eigenvalue weighted by Gasteiger charge is -2.02. The number of ether oxygens (including phenoxy) is 1. The minimum absolute atomic E-state index is 0.619. The van der Waals surface area contributed by atoms with Gasteiger partial charge in [-0.15, -0.1) is 0 Å². The quantitative estimate of drug-likeness (QED) is 0.508. The van der Waals surface area contributed by atoms with E-state index in [1.54, 1.807) is 18.4 Å². The fourth-order valence-electron chi connectivity index (χ4n) is 1.13. The highest BCUT2D eigenvalue weighted by Gasteiger charge is 1.91. The Bertz CT molecular complexity index is 296. The van der Waals surface area contributed by atoms with Crippen molar-refractivity contribution in [2.45, 2.75) is 20.0 Å². The van der Waals surface area contributed by atoms with Gasteiger partial charge >= 0.3 is 0 Å². The third-order valence-corrected chi connectivity index (χ3v) is 1.99. The fourth-order valence-corrected chi connectivity index (χ4v) is 1.13. The average molecular weight is 188 g/mol. The molecule has 0 radical (unpaired) electrons. The van der Waals surface area contributed by atoms with E-state index in [0.717, 1.165) is 6.42 Å². The van der Waals surface area contributed by atoms with Crippen molar-refractivity contribution in [3.8, 4) is 0 Å². The molecule has 0 bridgehead atoms. The Morgan fingerprint density at radius 3 is 2.43 bits per heavy atom. The summed E-state index contributed by atoms with van der Waals surface area (Å²) in [5, 5.41) is 0. The van der Waals surface area contributed by atoms with E-state index in [-0.39, 0.29) is 0 Å². The summed E-state index contributed by atoms with van der Waals surface area (Å²) in [5.41, 5.74) is 2.55. The van der Waals surface area contributed by atoms with Gasteiger partial charge in [0.05, 0.1) is 6.26 Å². The van der Waals surface area contributed by atoms with E-state index >= 15 is 0 Å². The first-order chi connectivity index (χ1) is 6.86. The highest BCUT2D eigenvalue weighted by Crippen LogP contribution is 2.06. The molecule has 0 aliphatic rings. The number of aryl methyl sites for hydroxylation is 1. The van der Waals surface area contributed by atoms with Crippen LogP contribution in [0.1, 0.15) is 18.1 Å². The van der Waals surface area contributed by atoms with Crippen LogP contribution in [0, 0.1) is 0 Å². The maximum absolute atomic E-state index is 5.28. The molecule has 0 aliphatic heterocycles. The summed E-state index contributed by atoms with van der Waals surface area (Å²) >= 11 is 0. The third-order valence-electron chi connectivity index (χ3n) is 1.99. The topological polar surface area (TPSA) is 9.23 Å². The molecule has 0 heterocycles. The Morgan fingerprint density at radius 2 is 1.86 bits per heavy atom. The van der Waals surface area contributed by atoms with Crippen LogP contribution in [0.5, 0.6) is 0 Å². The molecular weight excluding hydrogens is 172 g/mol. The summed E-state index contributed by atoms with van der Waals surface area (Å²) in [6.45, 7) is 6.33. The zero-order valence-electron chi connectivity index (χ0n) is 8.57. The number of rotatable bonds is 5. The van der Waals surface area contributed by atoms with E-state index in [1.165, 1.54) is 11.1 Å². The van der Waals surface area contributed by atoms with Gasteiger partial charge in [-0.3, -0.25) is 0 Å². The highest BCUT2D eigenvalue weighted by molar-refractivity contribution is 5.21. The SMILES string of the molecule is C=C/C=C/OCc1ccc(CC)cc1. The van der Waals surface area contributed by atoms with E-state index in [9.17, 15) is 0 Å². The van der Waals surface area contributed by atoms with E-state index in [2.05, 4.69) is 37.8 Å². The molecule has 74 valence electrons. The first kappa shape index (κ1) is 10.6. The fraction of sp³-hybridized carbons (Fsp3) is 0.231. The molecule has 1 aromatic carbocycles. The summed E-state index contributed by atoms with van der Waals surface area (Å²) in [7, 11) is 0. The van der Waals surface area contributed by atoms with E-state index in [1.807, 2.05) is 0 Å². The molecule has 1 nitrogen and oxygen atoms in total. The Balaban J connectivity index is 2.43. The largest absolute Gasteiger partial charge is 0.497 e. The highest BCUT2D eigenvalue weighted by atomic mass is 16.5. The van der Waals surface area contributed by atoms with Gasteiger partial charge in [-0.2, -0.15) is 0 Å². The van der Waals surface area contributed by atoms with Crippen LogP contribution >= 0.6 is 0 Å². The molecule has 0 saturated carbocycles. The number of hydrogen-bond acceptors (Lipinski definition) is 1. The molecule has 0 spiro atoms. The van der Waals surface area contributed by atoms with Crippen molar-refractivity contribution < 1.29 is 4.74 Å². The van der Waals surface area contributed by atoms with Crippen LogP contribution in [-0.2, 0) is 17.8 Å². The summed E-state index contributed by atoms with van der Waals surface area (Å²) in [6, 6.07) is 8.47. The first-order valence-electron chi connectivity index (χ1n) is 4.83. The van der Waals surface area contributed by atoms with Gasteiger partial charge in [0.2, 0.25) is 0 Å². The van der Waals surface area contributed by atoms with Gasteiger partial charge in [0.15, 0.2) is 0 Å². The zero-order chi connectivity index (χ0) is 10.2. The third kappa shape index (κ3) is 3.48. The molecule has 14 heavy (non-hydrogen) atoms. The minimum Gasteiger partial charge on any atom is -0.497 e. The second-order valence-electron chi connectivity index (χ2n) is 3.05. The van der Waals surface area contributed by atoms with Crippen LogP contribution < -0.4 is 0 Å². The van der Waals surface area contributed by atoms with Crippen molar-refractivity contribution in [3.63, 3.8) is 0 Å². The molecule has 0 aromatic heterocycles. The molecular formula is C13H16O. The Labute approximate surface area is 85.7 Å². The van der Waals surface area contributed by atoms with Gasteiger partial charge in [-0.25, -0.2) is 0 Å². The van der Waals surface area contributed by atoms with Crippen molar-refractivity contribution in [2.24, 2.45) is 0 Å². The lowest BCUT2D eigenvalue weighted by molar-refractivity contribution is 0.236. The second kappa shape index (κ2) is 6.03. The van der Waals surface area contributed by atoms with E-state index in [0.29, 0.717) is 6.61 Å².